The highest BCUT2D eigenvalue weighted by atomic mass is 32.2. The maximum Gasteiger partial charge on any atom is 0.205 e. The predicted molar refractivity (Wildman–Crippen MR) is 112 cm³/mol. The molecular weight excluding hydrogens is 460 g/mol. The van der Waals surface area contributed by atoms with E-state index in [1.807, 2.05) is 12.1 Å². The molecule has 2 aromatic rings. The fraction of sp³-hybridized carbons (Fsp3) is 0.500. The van der Waals surface area contributed by atoms with Gasteiger partial charge >= 0.3 is 0 Å². The third-order valence-electron chi connectivity index (χ3n) is 6.80. The first kappa shape index (κ1) is 24.0. The highest BCUT2D eigenvalue weighted by Crippen LogP contribution is 2.44. The van der Waals surface area contributed by atoms with E-state index in [4.69, 9.17) is 4.74 Å². The summed E-state index contributed by atoms with van der Waals surface area (Å²) in [6.45, 7) is 0. The molecular formula is C24H25F4O4S-. The van der Waals surface area contributed by atoms with Gasteiger partial charge in [0.05, 0.1) is 0 Å². The Kier molecular flexibility index (Phi) is 7.00. The third-order valence-corrected chi connectivity index (χ3v) is 7.66. The minimum absolute atomic E-state index is 0.0660. The van der Waals surface area contributed by atoms with Crippen molar-refractivity contribution < 1.29 is 35.3 Å². The van der Waals surface area contributed by atoms with Gasteiger partial charge < -0.3 is 9.29 Å². The zero-order valence-electron chi connectivity index (χ0n) is 18.0. The van der Waals surface area contributed by atoms with Crippen molar-refractivity contribution in [3.05, 3.63) is 52.6 Å². The van der Waals surface area contributed by atoms with Crippen molar-refractivity contribution >= 4 is 10.1 Å². The molecule has 0 amide bonds. The Morgan fingerprint density at radius 1 is 0.758 bits per heavy atom. The first-order valence-electron chi connectivity index (χ1n) is 11.3. The minimum Gasteiger partial charge on any atom is -0.744 e. The van der Waals surface area contributed by atoms with Gasteiger partial charge in [0, 0.05) is 0 Å². The molecule has 0 aliphatic heterocycles. The molecule has 0 bridgehead atoms. The van der Waals surface area contributed by atoms with Crippen molar-refractivity contribution in [2.45, 2.75) is 80.9 Å². The van der Waals surface area contributed by atoms with E-state index < -0.39 is 44.0 Å². The van der Waals surface area contributed by atoms with E-state index in [-0.39, 0.29) is 17.6 Å². The number of ether oxygens (including phenoxy) is 1. The largest absolute Gasteiger partial charge is 0.744 e. The highest BCUT2D eigenvalue weighted by molar-refractivity contribution is 7.85. The summed E-state index contributed by atoms with van der Waals surface area (Å²) in [7, 11) is -5.78. The standard InChI is InChI=1S/C24H26F4O4S/c25-19-21(27)24(33(29,30)31)22(28)20(26)23(19)32-18-13-16(14-7-3-1-4-8-14)11-12-17(18)15-9-5-2-6-10-15/h11-15H,1-10H2,(H,29,30,31)/p-1. The SMILES string of the molecule is O=S(=O)([O-])c1c(F)c(F)c(Oc2cc(C3CCCCC3)ccc2C2CCCCC2)c(F)c1F. The van der Waals surface area contributed by atoms with E-state index >= 15 is 0 Å². The number of hydrogen-bond donors (Lipinski definition) is 0. The van der Waals surface area contributed by atoms with Gasteiger partial charge in [-0.15, -0.1) is 0 Å². The second kappa shape index (κ2) is 9.62. The Bertz CT molecular complexity index is 1110. The fourth-order valence-electron chi connectivity index (χ4n) is 5.09. The van der Waals surface area contributed by atoms with E-state index in [9.17, 15) is 30.5 Å². The van der Waals surface area contributed by atoms with Crippen LogP contribution in [0.2, 0.25) is 0 Å². The van der Waals surface area contributed by atoms with Crippen LogP contribution in [-0.4, -0.2) is 13.0 Å². The Morgan fingerprint density at radius 3 is 1.79 bits per heavy atom. The van der Waals surface area contributed by atoms with E-state index in [1.54, 1.807) is 6.07 Å². The van der Waals surface area contributed by atoms with Crippen molar-refractivity contribution in [2.24, 2.45) is 0 Å². The molecule has 180 valence electrons. The summed E-state index contributed by atoms with van der Waals surface area (Å²) in [5.41, 5.74) is 1.61. The Labute approximate surface area is 190 Å². The first-order chi connectivity index (χ1) is 15.7. The molecule has 0 atom stereocenters. The molecule has 4 nitrogen and oxygen atoms in total. The summed E-state index contributed by atoms with van der Waals surface area (Å²) in [4.78, 5) is -2.19. The van der Waals surface area contributed by atoms with Gasteiger partial charge in [-0.1, -0.05) is 50.7 Å². The van der Waals surface area contributed by atoms with Crippen LogP contribution in [0.15, 0.2) is 23.1 Å². The minimum atomic E-state index is -5.78. The maximum atomic E-state index is 14.6. The van der Waals surface area contributed by atoms with E-state index in [0.717, 1.165) is 69.8 Å². The molecule has 2 aliphatic rings. The Balaban J connectivity index is 1.80. The van der Waals surface area contributed by atoms with Crippen LogP contribution >= 0.6 is 0 Å². The zero-order valence-corrected chi connectivity index (χ0v) is 18.8. The average Bonchev–Trinajstić information content (AvgIpc) is 2.81. The van der Waals surface area contributed by atoms with Crippen LogP contribution in [0.4, 0.5) is 17.6 Å². The highest BCUT2D eigenvalue weighted by Gasteiger charge is 2.31. The lowest BCUT2D eigenvalue weighted by Gasteiger charge is -2.27. The van der Waals surface area contributed by atoms with E-state index in [0.29, 0.717) is 5.56 Å². The van der Waals surface area contributed by atoms with Gasteiger partial charge in [0.2, 0.25) is 17.4 Å². The van der Waals surface area contributed by atoms with Gasteiger partial charge in [0.25, 0.3) is 0 Å². The van der Waals surface area contributed by atoms with Crippen molar-refractivity contribution in [3.8, 4) is 11.5 Å². The topological polar surface area (TPSA) is 66.4 Å². The normalized spacial score (nSPS) is 18.5. The van der Waals surface area contributed by atoms with Gasteiger partial charge in [0.15, 0.2) is 11.6 Å². The molecule has 0 saturated heterocycles. The van der Waals surface area contributed by atoms with Crippen LogP contribution in [-0.2, 0) is 10.1 Å². The lowest BCUT2D eigenvalue weighted by atomic mass is 9.80. The third kappa shape index (κ3) is 4.89. The zero-order chi connectivity index (χ0) is 23.8. The summed E-state index contributed by atoms with van der Waals surface area (Å²) >= 11 is 0. The molecule has 0 radical (unpaired) electrons. The van der Waals surface area contributed by atoms with Crippen LogP contribution in [0, 0.1) is 23.3 Å². The van der Waals surface area contributed by atoms with Crippen LogP contribution in [0.1, 0.15) is 87.2 Å². The van der Waals surface area contributed by atoms with Gasteiger partial charge in [-0.3, -0.25) is 0 Å². The molecule has 2 aliphatic carbocycles. The summed E-state index contributed by atoms with van der Waals surface area (Å²) in [6.07, 6.45) is 9.94. The van der Waals surface area contributed by atoms with Crippen LogP contribution < -0.4 is 4.74 Å². The molecule has 4 rings (SSSR count). The summed E-state index contributed by atoms with van der Waals surface area (Å²) in [6, 6.07) is 5.51. The monoisotopic (exact) mass is 485 g/mol. The second-order valence-electron chi connectivity index (χ2n) is 8.94. The first-order valence-corrected chi connectivity index (χ1v) is 12.7. The van der Waals surface area contributed by atoms with Crippen molar-refractivity contribution in [3.63, 3.8) is 0 Å². The lowest BCUT2D eigenvalue weighted by Crippen LogP contribution is -2.13. The van der Waals surface area contributed by atoms with Gasteiger partial charge in [-0.05, 0) is 54.7 Å². The number of halogens is 4. The molecule has 2 saturated carbocycles. The predicted octanol–water partition coefficient (Wildman–Crippen LogP) is 7.03. The molecule has 2 aromatic carbocycles. The molecule has 33 heavy (non-hydrogen) atoms. The molecule has 2 fully saturated rings. The number of rotatable bonds is 5. The maximum absolute atomic E-state index is 14.6. The summed E-state index contributed by atoms with van der Waals surface area (Å²) in [5, 5.41) is 0. The Hall–Kier alpha value is -2.13. The van der Waals surface area contributed by atoms with Crippen molar-refractivity contribution in [1.29, 1.82) is 0 Å². The van der Waals surface area contributed by atoms with Crippen LogP contribution in [0.3, 0.4) is 0 Å². The van der Waals surface area contributed by atoms with E-state index in [2.05, 4.69) is 0 Å². The molecule has 9 heteroatoms. The van der Waals surface area contributed by atoms with Gasteiger partial charge in [-0.25, -0.2) is 17.2 Å². The number of benzene rings is 2. The fourth-order valence-corrected chi connectivity index (χ4v) is 5.71. The summed E-state index contributed by atoms with van der Waals surface area (Å²) < 4.78 is 96.7. The molecule has 0 N–H and O–H groups in total. The quantitative estimate of drug-likeness (QED) is 0.259. The Morgan fingerprint density at radius 2 is 1.27 bits per heavy atom. The average molecular weight is 486 g/mol. The smallest absolute Gasteiger partial charge is 0.205 e. The van der Waals surface area contributed by atoms with E-state index in [1.165, 1.54) is 0 Å². The van der Waals surface area contributed by atoms with Crippen LogP contribution in [0.25, 0.3) is 0 Å². The van der Waals surface area contributed by atoms with Gasteiger partial charge in [0.1, 0.15) is 20.8 Å². The molecule has 0 spiro atoms. The molecule has 0 heterocycles. The van der Waals surface area contributed by atoms with Crippen LogP contribution in [0.5, 0.6) is 11.5 Å². The van der Waals surface area contributed by atoms with Crippen molar-refractivity contribution in [2.75, 3.05) is 0 Å². The molecule has 0 unspecified atom stereocenters. The summed E-state index contributed by atoms with van der Waals surface area (Å²) in [5.74, 6) is -9.67. The lowest BCUT2D eigenvalue weighted by molar-refractivity contribution is 0.340. The van der Waals surface area contributed by atoms with Gasteiger partial charge in [-0.2, -0.15) is 8.78 Å². The number of hydrogen-bond acceptors (Lipinski definition) is 4. The second-order valence-corrected chi connectivity index (χ2v) is 10.3. The molecule has 0 aromatic heterocycles. The van der Waals surface area contributed by atoms with Crippen molar-refractivity contribution in [1.82, 2.24) is 0 Å².